The van der Waals surface area contributed by atoms with Gasteiger partial charge < -0.3 is 20.1 Å². The van der Waals surface area contributed by atoms with Crippen LogP contribution in [0.2, 0.25) is 0 Å². The third kappa shape index (κ3) is 3.42. The molecule has 2 rings (SSSR count). The van der Waals surface area contributed by atoms with Crippen molar-refractivity contribution in [1.29, 1.82) is 0 Å². The highest BCUT2D eigenvalue weighted by molar-refractivity contribution is 5.89. The largest absolute Gasteiger partial charge is 0.394 e. The van der Waals surface area contributed by atoms with Crippen molar-refractivity contribution in [3.05, 3.63) is 30.1 Å². The molecule has 1 aliphatic rings. The van der Waals surface area contributed by atoms with Gasteiger partial charge in [0.25, 0.3) is 0 Å². The fourth-order valence-electron chi connectivity index (χ4n) is 1.94. The number of urea groups is 1. The molecule has 1 aromatic rings. The van der Waals surface area contributed by atoms with Crippen LogP contribution in [0.5, 0.6) is 0 Å². The molecule has 1 heterocycles. The van der Waals surface area contributed by atoms with Crippen molar-refractivity contribution in [1.82, 2.24) is 4.90 Å². The molecule has 1 aromatic carbocycles. The van der Waals surface area contributed by atoms with Crippen LogP contribution in [0.1, 0.15) is 6.92 Å². The number of carbonyl (C=O) groups is 1. The first-order chi connectivity index (χ1) is 9.10. The molecule has 104 valence electrons. The molecule has 19 heavy (non-hydrogen) atoms. The van der Waals surface area contributed by atoms with Crippen LogP contribution in [-0.2, 0) is 4.74 Å². The molecule has 2 unspecified atom stereocenters. The SMILES string of the molecule is CC1COC(CO)CN1C(=O)Nc1ccc(F)cc1. The van der Waals surface area contributed by atoms with E-state index in [0.29, 0.717) is 18.8 Å². The van der Waals surface area contributed by atoms with Gasteiger partial charge in [-0.15, -0.1) is 0 Å². The predicted octanol–water partition coefficient (Wildman–Crippen LogP) is 1.44. The summed E-state index contributed by atoms with van der Waals surface area (Å²) in [7, 11) is 0. The van der Waals surface area contributed by atoms with E-state index in [2.05, 4.69) is 5.32 Å². The Kier molecular flexibility index (Phi) is 4.34. The summed E-state index contributed by atoms with van der Waals surface area (Å²) in [5.41, 5.74) is 0.533. The van der Waals surface area contributed by atoms with E-state index in [1.165, 1.54) is 24.3 Å². The minimum absolute atomic E-state index is 0.0664. The summed E-state index contributed by atoms with van der Waals surface area (Å²) in [5.74, 6) is -0.349. The molecular formula is C13H17FN2O3. The number of aliphatic hydroxyl groups excluding tert-OH is 1. The van der Waals surface area contributed by atoms with E-state index in [1.54, 1.807) is 4.90 Å². The van der Waals surface area contributed by atoms with Crippen LogP contribution < -0.4 is 5.32 Å². The molecule has 0 bridgehead atoms. The van der Waals surface area contributed by atoms with Crippen LogP contribution >= 0.6 is 0 Å². The number of halogens is 1. The van der Waals surface area contributed by atoms with E-state index >= 15 is 0 Å². The first kappa shape index (κ1) is 13.8. The Hall–Kier alpha value is -1.66. The van der Waals surface area contributed by atoms with E-state index in [9.17, 15) is 9.18 Å². The van der Waals surface area contributed by atoms with Crippen LogP contribution in [-0.4, -0.2) is 47.9 Å². The molecule has 1 aliphatic heterocycles. The number of morpholine rings is 1. The Morgan fingerprint density at radius 2 is 2.21 bits per heavy atom. The molecule has 1 fully saturated rings. The van der Waals surface area contributed by atoms with Crippen LogP contribution in [0.25, 0.3) is 0 Å². The second-order valence-corrected chi connectivity index (χ2v) is 4.58. The van der Waals surface area contributed by atoms with Gasteiger partial charge in [-0.2, -0.15) is 0 Å². The van der Waals surface area contributed by atoms with Crippen LogP contribution in [0, 0.1) is 5.82 Å². The van der Waals surface area contributed by atoms with Gasteiger partial charge in [0.1, 0.15) is 5.82 Å². The van der Waals surface area contributed by atoms with E-state index in [-0.39, 0.29) is 30.6 Å². The first-order valence-corrected chi connectivity index (χ1v) is 6.16. The normalized spacial score (nSPS) is 23.2. The second-order valence-electron chi connectivity index (χ2n) is 4.58. The number of ether oxygens (including phenoxy) is 1. The van der Waals surface area contributed by atoms with Gasteiger partial charge in [-0.3, -0.25) is 0 Å². The van der Waals surface area contributed by atoms with E-state index in [1.807, 2.05) is 6.92 Å². The van der Waals surface area contributed by atoms with Crippen LogP contribution in [0.4, 0.5) is 14.9 Å². The number of benzene rings is 1. The maximum atomic E-state index is 12.8. The fourth-order valence-corrected chi connectivity index (χ4v) is 1.94. The zero-order valence-corrected chi connectivity index (χ0v) is 10.7. The highest BCUT2D eigenvalue weighted by Gasteiger charge is 2.29. The molecule has 2 atom stereocenters. The monoisotopic (exact) mass is 268 g/mol. The van der Waals surface area contributed by atoms with Gasteiger partial charge in [0.2, 0.25) is 0 Å². The third-order valence-corrected chi connectivity index (χ3v) is 3.07. The number of anilines is 1. The van der Waals surface area contributed by atoms with Crippen molar-refractivity contribution in [2.75, 3.05) is 25.1 Å². The van der Waals surface area contributed by atoms with E-state index < -0.39 is 0 Å². The van der Waals surface area contributed by atoms with E-state index in [0.717, 1.165) is 0 Å². The van der Waals surface area contributed by atoms with Gasteiger partial charge in [0, 0.05) is 5.69 Å². The second kappa shape index (κ2) is 5.99. The number of hydrogen-bond acceptors (Lipinski definition) is 3. The zero-order chi connectivity index (χ0) is 13.8. The zero-order valence-electron chi connectivity index (χ0n) is 10.7. The standard InChI is InChI=1S/C13H17FN2O3/c1-9-8-19-12(7-17)6-16(9)13(18)15-11-4-2-10(14)3-5-11/h2-5,9,12,17H,6-8H2,1H3,(H,15,18). The third-order valence-electron chi connectivity index (χ3n) is 3.07. The predicted molar refractivity (Wildman–Crippen MR) is 68.4 cm³/mol. The average molecular weight is 268 g/mol. The average Bonchev–Trinajstić information content (AvgIpc) is 2.42. The van der Waals surface area contributed by atoms with Crippen molar-refractivity contribution in [2.24, 2.45) is 0 Å². The Morgan fingerprint density at radius 1 is 1.53 bits per heavy atom. The molecule has 2 amide bonds. The summed E-state index contributed by atoms with van der Waals surface area (Å²) in [6.07, 6.45) is -0.352. The van der Waals surface area contributed by atoms with Gasteiger partial charge in [0.15, 0.2) is 0 Å². The summed E-state index contributed by atoms with van der Waals surface area (Å²) < 4.78 is 18.1. The fraction of sp³-hybridized carbons (Fsp3) is 0.462. The van der Waals surface area contributed by atoms with Crippen molar-refractivity contribution in [3.63, 3.8) is 0 Å². The molecule has 0 spiro atoms. The quantitative estimate of drug-likeness (QED) is 0.853. The van der Waals surface area contributed by atoms with Gasteiger partial charge in [-0.1, -0.05) is 0 Å². The maximum absolute atomic E-state index is 12.8. The molecular weight excluding hydrogens is 251 g/mol. The summed E-state index contributed by atoms with van der Waals surface area (Å²) in [5, 5.41) is 11.8. The first-order valence-electron chi connectivity index (χ1n) is 6.16. The number of rotatable bonds is 2. The number of nitrogens with zero attached hydrogens (tertiary/aromatic N) is 1. The minimum Gasteiger partial charge on any atom is -0.394 e. The number of aliphatic hydroxyl groups is 1. The number of amides is 2. The summed E-state index contributed by atoms with van der Waals surface area (Å²) in [6, 6.07) is 5.23. The molecule has 6 heteroatoms. The van der Waals surface area contributed by atoms with Crippen molar-refractivity contribution < 1.29 is 19.0 Å². The van der Waals surface area contributed by atoms with Crippen molar-refractivity contribution in [3.8, 4) is 0 Å². The molecule has 2 N–H and O–H groups in total. The Labute approximate surface area is 111 Å². The highest BCUT2D eigenvalue weighted by atomic mass is 19.1. The number of hydrogen-bond donors (Lipinski definition) is 2. The van der Waals surface area contributed by atoms with Gasteiger partial charge >= 0.3 is 6.03 Å². The molecule has 0 aliphatic carbocycles. The summed E-state index contributed by atoms with van der Waals surface area (Å²) >= 11 is 0. The summed E-state index contributed by atoms with van der Waals surface area (Å²) in [6.45, 7) is 2.48. The Balaban J connectivity index is 2.00. The van der Waals surface area contributed by atoms with Gasteiger partial charge in [0.05, 0.1) is 31.9 Å². The minimum atomic E-state index is -0.352. The van der Waals surface area contributed by atoms with Crippen molar-refractivity contribution in [2.45, 2.75) is 19.1 Å². The lowest BCUT2D eigenvalue weighted by Crippen LogP contribution is -2.53. The van der Waals surface area contributed by atoms with Gasteiger partial charge in [-0.25, -0.2) is 9.18 Å². The lowest BCUT2D eigenvalue weighted by molar-refractivity contribution is -0.0611. The Morgan fingerprint density at radius 3 is 2.84 bits per heavy atom. The molecule has 0 aromatic heterocycles. The highest BCUT2D eigenvalue weighted by Crippen LogP contribution is 2.15. The lowest BCUT2D eigenvalue weighted by atomic mass is 10.2. The van der Waals surface area contributed by atoms with E-state index in [4.69, 9.17) is 9.84 Å². The lowest BCUT2D eigenvalue weighted by Gasteiger charge is -2.37. The molecule has 0 saturated carbocycles. The van der Waals surface area contributed by atoms with Crippen LogP contribution in [0.15, 0.2) is 24.3 Å². The number of carbonyl (C=O) groups excluding carboxylic acids is 1. The topological polar surface area (TPSA) is 61.8 Å². The maximum Gasteiger partial charge on any atom is 0.322 e. The molecule has 0 radical (unpaired) electrons. The smallest absolute Gasteiger partial charge is 0.322 e. The Bertz CT molecular complexity index is 438. The van der Waals surface area contributed by atoms with Crippen LogP contribution in [0.3, 0.4) is 0 Å². The molecule has 5 nitrogen and oxygen atoms in total. The van der Waals surface area contributed by atoms with Crippen molar-refractivity contribution >= 4 is 11.7 Å². The molecule has 1 saturated heterocycles. The number of nitrogens with one attached hydrogen (secondary N) is 1. The van der Waals surface area contributed by atoms with Gasteiger partial charge in [-0.05, 0) is 31.2 Å². The summed E-state index contributed by atoms with van der Waals surface area (Å²) in [4.78, 5) is 13.7.